The van der Waals surface area contributed by atoms with Crippen molar-refractivity contribution in [1.29, 1.82) is 0 Å². The van der Waals surface area contributed by atoms with E-state index in [2.05, 4.69) is 54.7 Å². The van der Waals surface area contributed by atoms with Gasteiger partial charge in [0.25, 0.3) is 0 Å². The number of carbonyl (C=O) groups excluding carboxylic acids is 2. The smallest absolute Gasteiger partial charge is 0.240 e. The Labute approximate surface area is 227 Å². The third-order valence-electron chi connectivity index (χ3n) is 6.97. The van der Waals surface area contributed by atoms with Gasteiger partial charge in [0.1, 0.15) is 12.4 Å². The van der Waals surface area contributed by atoms with Crippen molar-refractivity contribution in [3.63, 3.8) is 0 Å². The average Bonchev–Trinajstić information content (AvgIpc) is 3.66. The summed E-state index contributed by atoms with van der Waals surface area (Å²) >= 11 is 1.60. The summed E-state index contributed by atoms with van der Waals surface area (Å²) in [5.74, 6) is 0.711. The zero-order valence-corrected chi connectivity index (χ0v) is 22.4. The normalized spacial score (nSPS) is 17.2. The largest absolute Gasteiger partial charge is 0.352 e. The van der Waals surface area contributed by atoms with Gasteiger partial charge >= 0.3 is 0 Å². The highest BCUT2D eigenvalue weighted by Gasteiger charge is 2.38. The summed E-state index contributed by atoms with van der Waals surface area (Å²) in [6.45, 7) is 4.09. The standard InChI is InChI=1S/C31H30N4O2S/c1-20-8-6-12-23(16-20)30-28-29(22-10-4-3-5-11-22)33-35(25-13-7-9-21(2)17-25)31(28)34(27(37)19-38-30)18-26(36)32-24-14-15-24/h3-13,16-17,24,30H,14-15,18-19H2,1-2H3,(H,32,36)/t30-/m1/s1. The maximum absolute atomic E-state index is 13.7. The monoisotopic (exact) mass is 522 g/mol. The highest BCUT2D eigenvalue weighted by molar-refractivity contribution is 8.00. The van der Waals surface area contributed by atoms with Crippen molar-refractivity contribution >= 4 is 29.4 Å². The molecule has 3 aromatic carbocycles. The predicted molar refractivity (Wildman–Crippen MR) is 153 cm³/mol. The molecule has 1 saturated carbocycles. The zero-order chi connectivity index (χ0) is 26.2. The van der Waals surface area contributed by atoms with Crippen LogP contribution in [0.25, 0.3) is 16.9 Å². The molecule has 1 aliphatic heterocycles. The number of amides is 2. The van der Waals surface area contributed by atoms with Gasteiger partial charge in [-0.05, 0) is 49.9 Å². The van der Waals surface area contributed by atoms with Crippen LogP contribution in [0.1, 0.15) is 40.3 Å². The van der Waals surface area contributed by atoms with Gasteiger partial charge in [0.05, 0.1) is 22.4 Å². The highest BCUT2D eigenvalue weighted by Crippen LogP contribution is 2.48. The first-order chi connectivity index (χ1) is 18.5. The topological polar surface area (TPSA) is 67.2 Å². The van der Waals surface area contributed by atoms with E-state index in [0.29, 0.717) is 5.82 Å². The molecule has 6 rings (SSSR count). The number of rotatable bonds is 6. The lowest BCUT2D eigenvalue weighted by Crippen LogP contribution is -2.43. The van der Waals surface area contributed by atoms with Gasteiger partial charge in [-0.25, -0.2) is 4.68 Å². The third kappa shape index (κ3) is 4.86. The second kappa shape index (κ2) is 10.1. The molecule has 2 heterocycles. The molecule has 4 aromatic rings. The summed E-state index contributed by atoms with van der Waals surface area (Å²) in [5, 5.41) is 8.09. The molecular formula is C31H30N4O2S. The van der Waals surface area contributed by atoms with E-state index in [-0.39, 0.29) is 35.4 Å². The van der Waals surface area contributed by atoms with Gasteiger partial charge in [-0.3, -0.25) is 14.5 Å². The van der Waals surface area contributed by atoms with Crippen molar-refractivity contribution in [2.45, 2.75) is 38.0 Å². The van der Waals surface area contributed by atoms with Gasteiger partial charge in [0.15, 0.2) is 0 Å². The molecule has 7 heteroatoms. The Kier molecular flexibility index (Phi) is 6.54. The van der Waals surface area contributed by atoms with E-state index in [0.717, 1.165) is 52.0 Å². The van der Waals surface area contributed by atoms with Crippen LogP contribution in [-0.4, -0.2) is 39.9 Å². The Morgan fingerprint density at radius 3 is 2.42 bits per heavy atom. The lowest BCUT2D eigenvalue weighted by molar-refractivity contribution is -0.123. The molecule has 0 unspecified atom stereocenters. The molecule has 1 N–H and O–H groups in total. The van der Waals surface area contributed by atoms with Crippen LogP contribution in [0.4, 0.5) is 5.82 Å². The molecule has 0 saturated heterocycles. The number of anilines is 1. The number of fused-ring (bicyclic) bond motifs is 1. The second-order valence-electron chi connectivity index (χ2n) is 10.1. The van der Waals surface area contributed by atoms with E-state index in [9.17, 15) is 9.59 Å². The Morgan fingerprint density at radius 1 is 0.974 bits per heavy atom. The number of hydrogen-bond donors (Lipinski definition) is 1. The van der Waals surface area contributed by atoms with Crippen LogP contribution in [0.3, 0.4) is 0 Å². The quantitative estimate of drug-likeness (QED) is 0.358. The van der Waals surface area contributed by atoms with Crippen molar-refractivity contribution in [2.75, 3.05) is 17.2 Å². The Morgan fingerprint density at radius 2 is 1.71 bits per heavy atom. The maximum Gasteiger partial charge on any atom is 0.240 e. The molecule has 1 atom stereocenters. The Hall–Kier alpha value is -3.84. The zero-order valence-electron chi connectivity index (χ0n) is 21.6. The SMILES string of the molecule is Cc1cccc([C@H]2SCC(=O)N(CC(=O)NC3CC3)c3c2c(-c2ccccc2)nn3-c2cccc(C)c2)c1. The van der Waals surface area contributed by atoms with Gasteiger partial charge in [-0.2, -0.15) is 5.10 Å². The summed E-state index contributed by atoms with van der Waals surface area (Å²) in [5.41, 5.74) is 6.99. The van der Waals surface area contributed by atoms with E-state index >= 15 is 0 Å². The number of carbonyl (C=O) groups is 2. The minimum atomic E-state index is -0.135. The number of aromatic nitrogens is 2. The summed E-state index contributed by atoms with van der Waals surface area (Å²) in [6, 6.07) is 26.9. The predicted octanol–water partition coefficient (Wildman–Crippen LogP) is 5.60. The summed E-state index contributed by atoms with van der Waals surface area (Å²) in [4.78, 5) is 28.5. The second-order valence-corrected chi connectivity index (χ2v) is 11.2. The first-order valence-corrected chi connectivity index (χ1v) is 14.1. The van der Waals surface area contributed by atoms with Gasteiger partial charge < -0.3 is 5.32 Å². The van der Waals surface area contributed by atoms with Gasteiger partial charge in [0.2, 0.25) is 11.8 Å². The highest BCUT2D eigenvalue weighted by atomic mass is 32.2. The Bertz CT molecular complexity index is 1510. The van der Waals surface area contributed by atoms with E-state index < -0.39 is 0 Å². The minimum absolute atomic E-state index is 0.0326. The van der Waals surface area contributed by atoms with Crippen LogP contribution in [0.15, 0.2) is 78.9 Å². The van der Waals surface area contributed by atoms with Crippen molar-refractivity contribution in [1.82, 2.24) is 15.1 Å². The Balaban J connectivity index is 1.61. The molecule has 0 bridgehead atoms. The number of benzene rings is 3. The molecule has 192 valence electrons. The number of aryl methyl sites for hydroxylation is 2. The van der Waals surface area contributed by atoms with Crippen molar-refractivity contribution in [3.05, 3.63) is 101 Å². The molecule has 0 spiro atoms. The molecule has 1 aromatic heterocycles. The molecule has 1 fully saturated rings. The molecule has 1 aliphatic carbocycles. The molecule has 2 aliphatic rings. The minimum Gasteiger partial charge on any atom is -0.352 e. The van der Waals surface area contributed by atoms with E-state index in [1.54, 1.807) is 16.7 Å². The third-order valence-corrected chi connectivity index (χ3v) is 8.23. The fourth-order valence-electron chi connectivity index (χ4n) is 5.01. The van der Waals surface area contributed by atoms with E-state index in [1.165, 1.54) is 0 Å². The van der Waals surface area contributed by atoms with Crippen LogP contribution in [0.5, 0.6) is 0 Å². The number of nitrogens with one attached hydrogen (secondary N) is 1. The summed E-state index contributed by atoms with van der Waals surface area (Å²) in [7, 11) is 0. The van der Waals surface area contributed by atoms with E-state index in [4.69, 9.17) is 5.10 Å². The van der Waals surface area contributed by atoms with Crippen molar-refractivity contribution < 1.29 is 9.59 Å². The lowest BCUT2D eigenvalue weighted by atomic mass is 9.98. The van der Waals surface area contributed by atoms with Gasteiger partial charge in [-0.15, -0.1) is 11.8 Å². The maximum atomic E-state index is 13.7. The van der Waals surface area contributed by atoms with Crippen LogP contribution >= 0.6 is 11.8 Å². The molecule has 0 radical (unpaired) electrons. The van der Waals surface area contributed by atoms with Crippen molar-refractivity contribution in [2.24, 2.45) is 0 Å². The summed E-state index contributed by atoms with van der Waals surface area (Å²) < 4.78 is 1.86. The average molecular weight is 523 g/mol. The van der Waals surface area contributed by atoms with Crippen LogP contribution in [0, 0.1) is 13.8 Å². The number of thioether (sulfide) groups is 1. The fraction of sp³-hybridized carbons (Fsp3) is 0.258. The molecule has 38 heavy (non-hydrogen) atoms. The van der Waals surface area contributed by atoms with Crippen LogP contribution in [0.2, 0.25) is 0 Å². The van der Waals surface area contributed by atoms with Gasteiger partial charge in [-0.1, -0.05) is 72.3 Å². The van der Waals surface area contributed by atoms with Crippen LogP contribution < -0.4 is 10.2 Å². The van der Waals surface area contributed by atoms with E-state index in [1.807, 2.05) is 48.0 Å². The lowest BCUT2D eigenvalue weighted by Gasteiger charge is -2.23. The molecule has 2 amide bonds. The van der Waals surface area contributed by atoms with Crippen LogP contribution in [-0.2, 0) is 9.59 Å². The summed E-state index contributed by atoms with van der Waals surface area (Å²) in [6.07, 6.45) is 1.99. The first-order valence-electron chi connectivity index (χ1n) is 13.0. The van der Waals surface area contributed by atoms with Crippen molar-refractivity contribution in [3.8, 4) is 16.9 Å². The molecule has 6 nitrogen and oxygen atoms in total. The number of nitrogens with zero attached hydrogens (tertiary/aromatic N) is 3. The molecular weight excluding hydrogens is 492 g/mol. The fourth-order valence-corrected chi connectivity index (χ4v) is 6.20. The van der Waals surface area contributed by atoms with Gasteiger partial charge in [0, 0.05) is 17.2 Å². The first kappa shape index (κ1) is 24.5. The number of hydrogen-bond acceptors (Lipinski definition) is 4.